The van der Waals surface area contributed by atoms with Crippen molar-refractivity contribution in [3.05, 3.63) is 101 Å². The first-order valence-corrected chi connectivity index (χ1v) is 13.6. The second-order valence-corrected chi connectivity index (χ2v) is 9.94. The van der Waals surface area contributed by atoms with E-state index >= 15 is 0 Å². The molecule has 210 valence electrons. The Bertz CT molecular complexity index is 1470. The average molecular weight is 573 g/mol. The van der Waals surface area contributed by atoms with Crippen molar-refractivity contribution < 1.29 is 19.1 Å². The zero-order chi connectivity index (χ0) is 28.4. The molecule has 1 aliphatic heterocycles. The SMILES string of the molecule is O=C(/C=C/c1cc(Cl)ccc1-n1cnnn1)NC(Cc1ccccc1)C(=O)Nc1ccc(OC[C@@H]2CCCO2)cc1. The number of benzene rings is 3. The van der Waals surface area contributed by atoms with Gasteiger partial charge in [-0.15, -0.1) is 5.10 Å². The van der Waals surface area contributed by atoms with Crippen LogP contribution in [0.15, 0.2) is 85.2 Å². The summed E-state index contributed by atoms with van der Waals surface area (Å²) < 4.78 is 12.9. The zero-order valence-corrected chi connectivity index (χ0v) is 22.9. The van der Waals surface area contributed by atoms with Crippen molar-refractivity contribution in [2.45, 2.75) is 31.4 Å². The molecule has 0 saturated carbocycles. The van der Waals surface area contributed by atoms with Crippen LogP contribution in [-0.2, 0) is 20.7 Å². The molecule has 1 saturated heterocycles. The summed E-state index contributed by atoms with van der Waals surface area (Å²) >= 11 is 6.18. The first-order chi connectivity index (χ1) is 20.0. The Balaban J connectivity index is 1.26. The number of rotatable bonds is 11. The summed E-state index contributed by atoms with van der Waals surface area (Å²) in [5.74, 6) is -0.0952. The van der Waals surface area contributed by atoms with Crippen LogP contribution in [0.25, 0.3) is 11.8 Å². The third kappa shape index (κ3) is 8.00. The lowest BCUT2D eigenvalue weighted by Crippen LogP contribution is -2.44. The molecule has 11 heteroatoms. The topological polar surface area (TPSA) is 120 Å². The molecule has 0 bridgehead atoms. The lowest BCUT2D eigenvalue weighted by Gasteiger charge is -2.18. The Labute approximate surface area is 242 Å². The Morgan fingerprint density at radius 2 is 1.95 bits per heavy atom. The van der Waals surface area contributed by atoms with Gasteiger partial charge in [-0.05, 0) is 77.4 Å². The number of carbonyl (C=O) groups is 2. The minimum atomic E-state index is -0.830. The van der Waals surface area contributed by atoms with E-state index in [1.54, 1.807) is 48.5 Å². The van der Waals surface area contributed by atoms with Gasteiger partial charge < -0.3 is 20.1 Å². The van der Waals surface area contributed by atoms with E-state index < -0.39 is 11.9 Å². The minimum absolute atomic E-state index is 0.121. The lowest BCUT2D eigenvalue weighted by molar-refractivity contribution is -0.123. The van der Waals surface area contributed by atoms with Crippen molar-refractivity contribution in [3.63, 3.8) is 0 Å². The van der Waals surface area contributed by atoms with Gasteiger partial charge in [0.25, 0.3) is 0 Å². The van der Waals surface area contributed by atoms with Gasteiger partial charge in [-0.1, -0.05) is 41.9 Å². The number of carbonyl (C=O) groups excluding carboxylic acids is 2. The molecule has 2 atom stereocenters. The van der Waals surface area contributed by atoms with Crippen molar-refractivity contribution in [3.8, 4) is 11.4 Å². The Morgan fingerprint density at radius 1 is 1.12 bits per heavy atom. The van der Waals surface area contributed by atoms with E-state index in [2.05, 4.69) is 26.2 Å². The fraction of sp³-hybridized carbons (Fsp3) is 0.233. The third-order valence-electron chi connectivity index (χ3n) is 6.50. The van der Waals surface area contributed by atoms with Gasteiger partial charge in [-0.2, -0.15) is 4.68 Å². The van der Waals surface area contributed by atoms with E-state index in [0.29, 0.717) is 40.7 Å². The van der Waals surface area contributed by atoms with Crippen LogP contribution in [0.5, 0.6) is 5.75 Å². The van der Waals surface area contributed by atoms with Gasteiger partial charge >= 0.3 is 0 Å². The van der Waals surface area contributed by atoms with Gasteiger partial charge in [0, 0.05) is 35.4 Å². The highest BCUT2D eigenvalue weighted by atomic mass is 35.5. The van der Waals surface area contributed by atoms with E-state index in [1.165, 1.54) is 17.1 Å². The summed E-state index contributed by atoms with van der Waals surface area (Å²) in [5.41, 5.74) is 2.77. The van der Waals surface area contributed by atoms with Crippen LogP contribution < -0.4 is 15.4 Å². The van der Waals surface area contributed by atoms with E-state index in [9.17, 15) is 9.59 Å². The van der Waals surface area contributed by atoms with Gasteiger partial charge in [0.2, 0.25) is 11.8 Å². The van der Waals surface area contributed by atoms with Crippen molar-refractivity contribution in [2.24, 2.45) is 0 Å². The average Bonchev–Trinajstić information content (AvgIpc) is 3.71. The Kier molecular flexibility index (Phi) is 9.35. The standard InChI is InChI=1S/C30H29ClN6O4/c31-23-9-14-28(37-20-32-35-36-37)22(18-23)8-15-29(38)34-27(17-21-5-2-1-3-6-21)30(39)33-24-10-12-25(13-11-24)41-19-26-7-4-16-40-26/h1-3,5-6,8-15,18,20,26-27H,4,7,16-17,19H2,(H,33,39)(H,34,38)/b15-8+/t26-,27?/m0/s1. The number of hydrogen-bond acceptors (Lipinski definition) is 7. The van der Waals surface area contributed by atoms with Gasteiger partial charge in [0.15, 0.2) is 0 Å². The summed E-state index contributed by atoms with van der Waals surface area (Å²) in [6, 6.07) is 21.0. The quantitative estimate of drug-likeness (QED) is 0.258. The molecule has 5 rings (SSSR count). The number of tetrazole rings is 1. The number of aromatic nitrogens is 4. The second kappa shape index (κ2) is 13.7. The van der Waals surface area contributed by atoms with Gasteiger partial charge in [0.1, 0.15) is 24.7 Å². The number of hydrogen-bond donors (Lipinski definition) is 2. The van der Waals surface area contributed by atoms with Crippen molar-refractivity contribution >= 4 is 35.2 Å². The highest BCUT2D eigenvalue weighted by Crippen LogP contribution is 2.21. The van der Waals surface area contributed by atoms with Crippen LogP contribution in [0, 0.1) is 0 Å². The number of halogens is 1. The Morgan fingerprint density at radius 3 is 2.68 bits per heavy atom. The monoisotopic (exact) mass is 572 g/mol. The lowest BCUT2D eigenvalue weighted by atomic mass is 10.0. The highest BCUT2D eigenvalue weighted by molar-refractivity contribution is 6.30. The first kappa shape index (κ1) is 28.0. The molecule has 1 unspecified atom stereocenters. The molecule has 0 radical (unpaired) electrons. The van der Waals surface area contributed by atoms with Gasteiger partial charge in [-0.25, -0.2) is 0 Å². The summed E-state index contributed by atoms with van der Waals surface area (Å²) in [7, 11) is 0. The van der Waals surface area contributed by atoms with Gasteiger partial charge in [-0.3, -0.25) is 9.59 Å². The number of ether oxygens (including phenoxy) is 2. The van der Waals surface area contributed by atoms with Crippen LogP contribution in [0.4, 0.5) is 5.69 Å². The molecule has 3 aromatic carbocycles. The Hall–Kier alpha value is -4.54. The maximum atomic E-state index is 13.3. The molecule has 2 heterocycles. The van der Waals surface area contributed by atoms with Crippen molar-refractivity contribution in [1.29, 1.82) is 0 Å². The fourth-order valence-electron chi connectivity index (χ4n) is 4.41. The highest BCUT2D eigenvalue weighted by Gasteiger charge is 2.21. The number of nitrogens with one attached hydrogen (secondary N) is 2. The minimum Gasteiger partial charge on any atom is -0.491 e. The molecule has 1 aliphatic rings. The smallest absolute Gasteiger partial charge is 0.247 e. The molecule has 41 heavy (non-hydrogen) atoms. The predicted octanol–water partition coefficient (Wildman–Crippen LogP) is 4.25. The summed E-state index contributed by atoms with van der Waals surface area (Å²) in [5, 5.41) is 17.5. The predicted molar refractivity (Wildman–Crippen MR) is 155 cm³/mol. The number of nitrogens with zero attached hydrogens (tertiary/aromatic N) is 4. The number of anilines is 1. The van der Waals surface area contributed by atoms with Crippen LogP contribution >= 0.6 is 11.6 Å². The van der Waals surface area contributed by atoms with E-state index in [1.807, 2.05) is 30.3 Å². The normalized spacial score (nSPS) is 15.5. The summed E-state index contributed by atoms with van der Waals surface area (Å²) in [6.07, 6.45) is 6.88. The van der Waals surface area contributed by atoms with Crippen molar-refractivity contribution in [1.82, 2.24) is 25.5 Å². The summed E-state index contributed by atoms with van der Waals surface area (Å²) in [4.78, 5) is 26.3. The molecule has 0 spiro atoms. The van der Waals surface area contributed by atoms with Crippen molar-refractivity contribution in [2.75, 3.05) is 18.5 Å². The van der Waals surface area contributed by atoms with E-state index in [-0.39, 0.29) is 12.0 Å². The number of amides is 2. The second-order valence-electron chi connectivity index (χ2n) is 9.50. The maximum absolute atomic E-state index is 13.3. The molecule has 10 nitrogen and oxygen atoms in total. The molecule has 4 aromatic rings. The van der Waals surface area contributed by atoms with Crippen LogP contribution in [0.1, 0.15) is 24.0 Å². The molecular formula is C30H29ClN6O4. The molecule has 0 aliphatic carbocycles. The van der Waals surface area contributed by atoms with Crippen LogP contribution in [0.3, 0.4) is 0 Å². The molecule has 1 fully saturated rings. The third-order valence-corrected chi connectivity index (χ3v) is 6.73. The first-order valence-electron chi connectivity index (χ1n) is 13.2. The molecule has 1 aromatic heterocycles. The van der Waals surface area contributed by atoms with E-state index in [4.69, 9.17) is 21.1 Å². The molecular weight excluding hydrogens is 544 g/mol. The van der Waals surface area contributed by atoms with Crippen LogP contribution in [0.2, 0.25) is 5.02 Å². The van der Waals surface area contributed by atoms with E-state index in [0.717, 1.165) is 25.0 Å². The maximum Gasteiger partial charge on any atom is 0.247 e. The zero-order valence-electron chi connectivity index (χ0n) is 22.2. The fourth-order valence-corrected chi connectivity index (χ4v) is 4.59. The largest absolute Gasteiger partial charge is 0.491 e. The summed E-state index contributed by atoms with van der Waals surface area (Å²) in [6.45, 7) is 1.27. The van der Waals surface area contributed by atoms with Gasteiger partial charge in [0.05, 0.1) is 11.8 Å². The van der Waals surface area contributed by atoms with Crippen LogP contribution in [-0.4, -0.2) is 57.4 Å². The molecule has 2 amide bonds. The molecule has 2 N–H and O–H groups in total.